The van der Waals surface area contributed by atoms with Crippen LogP contribution in [0.4, 0.5) is 0 Å². The third kappa shape index (κ3) is 2.99. The van der Waals surface area contributed by atoms with Crippen molar-refractivity contribution in [1.82, 2.24) is 24.7 Å². The zero-order chi connectivity index (χ0) is 16.5. The summed E-state index contributed by atoms with van der Waals surface area (Å²) in [6.07, 6.45) is 2.66. The quantitative estimate of drug-likeness (QED) is 0.827. The van der Waals surface area contributed by atoms with Gasteiger partial charge in [0.1, 0.15) is 5.69 Å². The number of nitrogens with zero attached hydrogens (tertiary/aromatic N) is 5. The van der Waals surface area contributed by atoms with Crippen LogP contribution >= 0.6 is 0 Å². The minimum absolute atomic E-state index is 0.00452. The van der Waals surface area contributed by atoms with Crippen molar-refractivity contribution in [3.05, 3.63) is 36.2 Å². The Morgan fingerprint density at radius 3 is 2.62 bits per heavy atom. The normalized spacial score (nSPS) is 23.0. The first-order valence-corrected chi connectivity index (χ1v) is 8.64. The van der Waals surface area contributed by atoms with Gasteiger partial charge in [-0.05, 0) is 25.6 Å². The predicted octanol–water partition coefficient (Wildman–Crippen LogP) is 1.09. The maximum Gasteiger partial charge on any atom is 0.274 e. The van der Waals surface area contributed by atoms with Crippen molar-refractivity contribution >= 4 is 16.9 Å². The average molecular weight is 325 g/mol. The molecule has 1 unspecified atom stereocenters. The smallest absolute Gasteiger partial charge is 0.274 e. The first-order valence-electron chi connectivity index (χ1n) is 8.64. The standard InChI is InChI=1S/C18H23N5O/c1-21-8-10-22(11-9-21)14-6-7-23(13-14)18(24)17-12-19-15-4-2-3-5-16(15)20-17/h2-5,12,14H,6-11,13H2,1H3. The number of hydrogen-bond donors (Lipinski definition) is 0. The van der Waals surface area contributed by atoms with E-state index in [0.29, 0.717) is 11.7 Å². The molecule has 6 nitrogen and oxygen atoms in total. The van der Waals surface area contributed by atoms with E-state index in [2.05, 4.69) is 26.8 Å². The number of para-hydroxylation sites is 2. The molecule has 0 aliphatic carbocycles. The van der Waals surface area contributed by atoms with E-state index in [1.807, 2.05) is 29.2 Å². The van der Waals surface area contributed by atoms with E-state index in [0.717, 1.165) is 56.7 Å². The van der Waals surface area contributed by atoms with Crippen molar-refractivity contribution < 1.29 is 4.79 Å². The van der Waals surface area contributed by atoms with Crippen LogP contribution in [0.3, 0.4) is 0 Å². The third-order valence-electron chi connectivity index (χ3n) is 5.17. The number of hydrogen-bond acceptors (Lipinski definition) is 5. The van der Waals surface area contributed by atoms with Crippen LogP contribution in [0.15, 0.2) is 30.5 Å². The van der Waals surface area contributed by atoms with Gasteiger partial charge in [0.15, 0.2) is 0 Å². The maximum atomic E-state index is 12.8. The summed E-state index contributed by atoms with van der Waals surface area (Å²) in [5.41, 5.74) is 2.05. The van der Waals surface area contributed by atoms with Gasteiger partial charge in [-0.1, -0.05) is 12.1 Å². The van der Waals surface area contributed by atoms with E-state index >= 15 is 0 Å². The van der Waals surface area contributed by atoms with Gasteiger partial charge < -0.3 is 9.80 Å². The Morgan fingerprint density at radius 2 is 1.83 bits per heavy atom. The molecule has 1 atom stereocenters. The highest BCUT2D eigenvalue weighted by atomic mass is 16.2. The number of carbonyl (C=O) groups excluding carboxylic acids is 1. The van der Waals surface area contributed by atoms with E-state index < -0.39 is 0 Å². The van der Waals surface area contributed by atoms with Crippen LogP contribution < -0.4 is 0 Å². The number of rotatable bonds is 2. The Balaban J connectivity index is 1.44. The zero-order valence-corrected chi connectivity index (χ0v) is 14.1. The molecular formula is C18H23N5O. The fraction of sp³-hybridized carbons (Fsp3) is 0.500. The lowest BCUT2D eigenvalue weighted by Gasteiger charge is -2.36. The minimum atomic E-state index is 0.00452. The molecule has 2 aliphatic heterocycles. The van der Waals surface area contributed by atoms with Gasteiger partial charge in [0.2, 0.25) is 0 Å². The van der Waals surface area contributed by atoms with Crippen LogP contribution in [0.5, 0.6) is 0 Å². The van der Waals surface area contributed by atoms with E-state index in [4.69, 9.17) is 0 Å². The molecule has 4 rings (SSSR count). The number of carbonyl (C=O) groups is 1. The van der Waals surface area contributed by atoms with Gasteiger partial charge in [-0.25, -0.2) is 4.98 Å². The Bertz CT molecular complexity index is 741. The predicted molar refractivity (Wildman–Crippen MR) is 92.9 cm³/mol. The summed E-state index contributed by atoms with van der Waals surface area (Å²) in [5, 5.41) is 0. The summed E-state index contributed by atoms with van der Waals surface area (Å²) >= 11 is 0. The molecule has 1 aromatic carbocycles. The van der Waals surface area contributed by atoms with Crippen LogP contribution in [0.1, 0.15) is 16.9 Å². The van der Waals surface area contributed by atoms with Crippen molar-refractivity contribution in [2.45, 2.75) is 12.5 Å². The second kappa shape index (κ2) is 6.45. The fourth-order valence-corrected chi connectivity index (χ4v) is 3.63. The molecule has 0 saturated carbocycles. The van der Waals surface area contributed by atoms with Crippen LogP contribution in [-0.4, -0.2) is 82.9 Å². The SMILES string of the molecule is CN1CCN(C2CCN(C(=O)c3cnc4ccccc4n3)C2)CC1. The van der Waals surface area contributed by atoms with E-state index in [1.165, 1.54) is 0 Å². The highest BCUT2D eigenvalue weighted by molar-refractivity contribution is 5.94. The number of likely N-dealkylation sites (tertiary alicyclic amines) is 1. The molecule has 126 valence electrons. The molecule has 24 heavy (non-hydrogen) atoms. The minimum Gasteiger partial charge on any atom is -0.336 e. The summed E-state index contributed by atoms with van der Waals surface area (Å²) in [6, 6.07) is 8.15. The monoisotopic (exact) mass is 325 g/mol. The van der Waals surface area contributed by atoms with Gasteiger partial charge in [-0.15, -0.1) is 0 Å². The van der Waals surface area contributed by atoms with Crippen molar-refractivity contribution in [1.29, 1.82) is 0 Å². The second-order valence-electron chi connectivity index (χ2n) is 6.78. The zero-order valence-electron chi connectivity index (χ0n) is 14.1. The number of likely N-dealkylation sites (N-methyl/N-ethyl adjacent to an activating group) is 1. The highest BCUT2D eigenvalue weighted by Crippen LogP contribution is 2.19. The summed E-state index contributed by atoms with van der Waals surface area (Å²) in [4.78, 5) is 28.4. The van der Waals surface area contributed by atoms with Gasteiger partial charge in [-0.2, -0.15) is 0 Å². The Labute approximate surface area is 142 Å². The van der Waals surface area contributed by atoms with Crippen LogP contribution in [0.25, 0.3) is 11.0 Å². The lowest BCUT2D eigenvalue weighted by Crippen LogP contribution is -2.50. The van der Waals surface area contributed by atoms with Gasteiger partial charge in [0.05, 0.1) is 17.2 Å². The topological polar surface area (TPSA) is 52.6 Å². The molecule has 2 aliphatic rings. The number of benzene rings is 1. The van der Waals surface area contributed by atoms with Gasteiger partial charge in [0, 0.05) is 45.3 Å². The Kier molecular flexibility index (Phi) is 4.16. The molecule has 3 heterocycles. The molecule has 0 radical (unpaired) electrons. The summed E-state index contributed by atoms with van der Waals surface area (Å²) < 4.78 is 0. The first kappa shape index (κ1) is 15.5. The van der Waals surface area contributed by atoms with Crippen LogP contribution in [0.2, 0.25) is 0 Å². The average Bonchev–Trinajstić information content (AvgIpc) is 3.11. The van der Waals surface area contributed by atoms with Crippen molar-refractivity contribution in [2.75, 3.05) is 46.3 Å². The Hall–Kier alpha value is -2.05. The van der Waals surface area contributed by atoms with E-state index in [-0.39, 0.29) is 5.91 Å². The second-order valence-corrected chi connectivity index (χ2v) is 6.78. The molecule has 2 saturated heterocycles. The van der Waals surface area contributed by atoms with Crippen molar-refractivity contribution in [2.24, 2.45) is 0 Å². The number of fused-ring (bicyclic) bond motifs is 1. The summed E-state index contributed by atoms with van der Waals surface area (Å²) in [6.45, 7) is 6.03. The Morgan fingerprint density at radius 1 is 1.08 bits per heavy atom. The highest BCUT2D eigenvalue weighted by Gasteiger charge is 2.32. The molecular weight excluding hydrogens is 302 g/mol. The number of piperazine rings is 1. The summed E-state index contributed by atoms with van der Waals surface area (Å²) in [7, 11) is 2.17. The van der Waals surface area contributed by atoms with Gasteiger partial charge in [-0.3, -0.25) is 14.7 Å². The molecule has 2 fully saturated rings. The molecule has 0 bridgehead atoms. The largest absolute Gasteiger partial charge is 0.336 e. The molecule has 2 aromatic rings. The number of aromatic nitrogens is 2. The molecule has 1 aromatic heterocycles. The first-order chi connectivity index (χ1) is 11.7. The molecule has 0 spiro atoms. The summed E-state index contributed by atoms with van der Waals surface area (Å²) in [5.74, 6) is 0.00452. The lowest BCUT2D eigenvalue weighted by molar-refractivity contribution is 0.0750. The molecule has 0 N–H and O–H groups in total. The third-order valence-corrected chi connectivity index (χ3v) is 5.17. The van der Waals surface area contributed by atoms with Crippen molar-refractivity contribution in [3.8, 4) is 0 Å². The van der Waals surface area contributed by atoms with Crippen LogP contribution in [0, 0.1) is 0 Å². The number of amides is 1. The molecule has 6 heteroatoms. The van der Waals surface area contributed by atoms with E-state index in [9.17, 15) is 4.79 Å². The fourth-order valence-electron chi connectivity index (χ4n) is 3.63. The lowest BCUT2D eigenvalue weighted by atomic mass is 10.2. The molecule has 1 amide bonds. The maximum absolute atomic E-state index is 12.8. The van der Waals surface area contributed by atoms with Crippen molar-refractivity contribution in [3.63, 3.8) is 0 Å². The van der Waals surface area contributed by atoms with Gasteiger partial charge in [0.25, 0.3) is 5.91 Å². The van der Waals surface area contributed by atoms with E-state index in [1.54, 1.807) is 6.20 Å². The van der Waals surface area contributed by atoms with Crippen LogP contribution in [-0.2, 0) is 0 Å². The van der Waals surface area contributed by atoms with Gasteiger partial charge >= 0.3 is 0 Å².